The fourth-order valence-electron chi connectivity index (χ4n) is 4.64. The average molecular weight is 663 g/mol. The van der Waals surface area contributed by atoms with Gasteiger partial charge in [-0.15, -0.1) is 0 Å². The van der Waals surface area contributed by atoms with E-state index in [-0.39, 0.29) is 19.6 Å². The number of aliphatic hydroxyl groups is 2. The van der Waals surface area contributed by atoms with Crippen LogP contribution in [0.15, 0.2) is 0 Å². The molecule has 0 aromatic heterocycles. The molecular formula is C32H54O14. The Hall–Kier alpha value is -2.36. The highest BCUT2D eigenvalue weighted by Crippen LogP contribution is 2.33. The van der Waals surface area contributed by atoms with Gasteiger partial charge < -0.3 is 48.1 Å². The molecule has 2 heterocycles. The lowest BCUT2D eigenvalue weighted by Gasteiger charge is -2.47. The van der Waals surface area contributed by atoms with E-state index in [1.807, 2.05) is 6.92 Å². The average Bonchev–Trinajstić information content (AvgIpc) is 2.98. The zero-order chi connectivity index (χ0) is 34.7. The predicted octanol–water partition coefficient (Wildman–Crippen LogP) is 2.43. The lowest BCUT2D eigenvalue weighted by molar-refractivity contribution is -0.365. The third-order valence-electron chi connectivity index (χ3n) is 7.47. The Balaban J connectivity index is 2.42. The van der Waals surface area contributed by atoms with Gasteiger partial charge in [0, 0.05) is 13.0 Å². The van der Waals surface area contributed by atoms with Crippen molar-refractivity contribution in [3.63, 3.8) is 0 Å². The molecule has 0 amide bonds. The van der Waals surface area contributed by atoms with Crippen LogP contribution in [0.2, 0.25) is 0 Å². The van der Waals surface area contributed by atoms with Gasteiger partial charge in [0.1, 0.15) is 31.0 Å². The second-order valence-corrected chi connectivity index (χ2v) is 12.7. The summed E-state index contributed by atoms with van der Waals surface area (Å²) in [6.45, 7) is 15.0. The predicted molar refractivity (Wildman–Crippen MR) is 161 cm³/mol. The maximum absolute atomic E-state index is 12.7. The van der Waals surface area contributed by atoms with Gasteiger partial charge in [-0.3, -0.25) is 19.2 Å². The van der Waals surface area contributed by atoms with E-state index in [1.54, 1.807) is 55.4 Å². The van der Waals surface area contributed by atoms with Gasteiger partial charge in [0.25, 0.3) is 0 Å². The van der Waals surface area contributed by atoms with Gasteiger partial charge in [-0.25, -0.2) is 0 Å². The number of ether oxygens (including phenoxy) is 8. The van der Waals surface area contributed by atoms with E-state index in [0.29, 0.717) is 12.8 Å². The largest absolute Gasteiger partial charge is 0.463 e. The molecule has 0 saturated carbocycles. The van der Waals surface area contributed by atoms with Crippen molar-refractivity contribution in [2.45, 2.75) is 149 Å². The zero-order valence-corrected chi connectivity index (χ0v) is 28.5. The summed E-state index contributed by atoms with van der Waals surface area (Å²) < 4.78 is 46.3. The lowest BCUT2D eigenvalue weighted by atomic mass is 9.96. The lowest BCUT2D eigenvalue weighted by Crippen LogP contribution is -2.65. The van der Waals surface area contributed by atoms with E-state index in [2.05, 4.69) is 0 Å². The monoisotopic (exact) mass is 662 g/mol. The van der Waals surface area contributed by atoms with Crippen LogP contribution in [0.5, 0.6) is 0 Å². The van der Waals surface area contributed by atoms with E-state index in [9.17, 15) is 29.4 Å². The second kappa shape index (κ2) is 18.8. The van der Waals surface area contributed by atoms with Crippen LogP contribution in [-0.4, -0.2) is 109 Å². The van der Waals surface area contributed by atoms with Gasteiger partial charge in [-0.2, -0.15) is 0 Å². The molecule has 10 unspecified atom stereocenters. The minimum absolute atomic E-state index is 0.108. The zero-order valence-electron chi connectivity index (χ0n) is 28.5. The Bertz CT molecular complexity index is 984. The summed E-state index contributed by atoms with van der Waals surface area (Å²) in [6, 6.07) is 0. The highest BCUT2D eigenvalue weighted by Gasteiger charge is 2.54. The van der Waals surface area contributed by atoms with Crippen molar-refractivity contribution >= 4 is 23.9 Å². The molecule has 2 aliphatic heterocycles. The molecule has 0 radical (unpaired) electrons. The van der Waals surface area contributed by atoms with Crippen LogP contribution in [0.1, 0.15) is 88.0 Å². The van der Waals surface area contributed by atoms with E-state index in [1.165, 1.54) is 0 Å². The van der Waals surface area contributed by atoms with Crippen LogP contribution in [0.4, 0.5) is 0 Å². The molecule has 14 nitrogen and oxygen atoms in total. The van der Waals surface area contributed by atoms with Crippen LogP contribution in [0.25, 0.3) is 0 Å². The minimum Gasteiger partial charge on any atom is -0.463 e. The summed E-state index contributed by atoms with van der Waals surface area (Å²) in [5.41, 5.74) is 0. The Morgan fingerprint density at radius 3 is 1.83 bits per heavy atom. The van der Waals surface area contributed by atoms with Crippen molar-refractivity contribution in [1.82, 2.24) is 0 Å². The second-order valence-electron chi connectivity index (χ2n) is 12.7. The Labute approximate surface area is 271 Å². The number of aliphatic hydroxyl groups excluding tert-OH is 2. The molecule has 2 saturated heterocycles. The van der Waals surface area contributed by atoms with Crippen molar-refractivity contribution in [2.24, 2.45) is 17.8 Å². The molecule has 0 aromatic rings. The Morgan fingerprint density at radius 1 is 0.696 bits per heavy atom. The molecule has 10 atom stereocenters. The molecule has 0 aromatic carbocycles. The topological polar surface area (TPSA) is 183 Å². The van der Waals surface area contributed by atoms with Gasteiger partial charge in [0.15, 0.2) is 30.9 Å². The number of carbonyl (C=O) groups is 4. The number of hydrogen-bond donors (Lipinski definition) is 2. The van der Waals surface area contributed by atoms with Gasteiger partial charge in [-0.05, 0) is 19.8 Å². The number of esters is 4. The van der Waals surface area contributed by atoms with Crippen LogP contribution in [-0.2, 0) is 57.1 Å². The Kier molecular flexibility index (Phi) is 16.3. The summed E-state index contributed by atoms with van der Waals surface area (Å²) in [5.74, 6) is -3.91. The maximum atomic E-state index is 12.7. The van der Waals surface area contributed by atoms with Crippen molar-refractivity contribution in [3.8, 4) is 0 Å². The molecule has 2 N–H and O–H groups in total. The number of unbranched alkanes of at least 4 members (excludes halogenated alkanes) is 1. The number of carbonyl (C=O) groups excluding carboxylic acids is 4. The summed E-state index contributed by atoms with van der Waals surface area (Å²) in [7, 11) is 0. The van der Waals surface area contributed by atoms with Crippen LogP contribution in [0.3, 0.4) is 0 Å². The molecule has 266 valence electrons. The third kappa shape index (κ3) is 11.1. The van der Waals surface area contributed by atoms with Crippen molar-refractivity contribution in [2.75, 3.05) is 13.2 Å². The first-order chi connectivity index (χ1) is 21.6. The fraction of sp³-hybridized carbons (Fsp3) is 0.875. The minimum atomic E-state index is -1.68. The summed E-state index contributed by atoms with van der Waals surface area (Å²) >= 11 is 0. The van der Waals surface area contributed by atoms with E-state index >= 15 is 0 Å². The molecular weight excluding hydrogens is 608 g/mol. The molecule has 14 heteroatoms. The third-order valence-corrected chi connectivity index (χ3v) is 7.47. The summed E-state index contributed by atoms with van der Waals surface area (Å²) in [4.78, 5) is 50.0. The van der Waals surface area contributed by atoms with Crippen molar-refractivity contribution in [3.05, 3.63) is 0 Å². The number of hydrogen-bond acceptors (Lipinski definition) is 14. The fourth-order valence-corrected chi connectivity index (χ4v) is 4.64. The van der Waals surface area contributed by atoms with E-state index in [4.69, 9.17) is 37.9 Å². The van der Waals surface area contributed by atoms with Crippen LogP contribution < -0.4 is 0 Å². The van der Waals surface area contributed by atoms with Crippen molar-refractivity contribution in [1.29, 1.82) is 0 Å². The Morgan fingerprint density at radius 2 is 1.28 bits per heavy atom. The normalized spacial score (nSPS) is 31.5. The first-order valence-corrected chi connectivity index (χ1v) is 16.3. The highest BCUT2D eigenvalue weighted by molar-refractivity contribution is 5.73. The number of rotatable bonds is 16. The van der Waals surface area contributed by atoms with E-state index in [0.717, 1.165) is 6.42 Å². The van der Waals surface area contributed by atoms with Crippen LogP contribution >= 0.6 is 0 Å². The molecule has 2 rings (SSSR count). The van der Waals surface area contributed by atoms with Crippen LogP contribution in [0, 0.1) is 17.8 Å². The summed E-state index contributed by atoms with van der Waals surface area (Å²) in [5, 5.41) is 23.0. The molecule has 0 spiro atoms. The molecule has 0 aliphatic carbocycles. The SMILES string of the molecule is CCCCOC1OC(COC(=O)C(C)C)C(OC(=O)C(C)C)C(O)C1OC1OC(C)C(OC(=O)CCC)C(OC(=O)C(C)C)C1O. The first-order valence-electron chi connectivity index (χ1n) is 16.3. The molecule has 46 heavy (non-hydrogen) atoms. The van der Waals surface area contributed by atoms with Crippen molar-refractivity contribution < 1.29 is 67.3 Å². The van der Waals surface area contributed by atoms with Gasteiger partial charge in [0.2, 0.25) is 0 Å². The van der Waals surface area contributed by atoms with Gasteiger partial charge in [0.05, 0.1) is 23.9 Å². The quantitative estimate of drug-likeness (QED) is 0.140. The highest BCUT2D eigenvalue weighted by atomic mass is 16.8. The summed E-state index contributed by atoms with van der Waals surface area (Å²) in [6.07, 6.45) is -11.4. The first kappa shape index (κ1) is 39.8. The van der Waals surface area contributed by atoms with E-state index < -0.39 is 103 Å². The standard InChI is InChI=1S/C32H54O14/c1-10-12-14-39-32-27(22(34)25(44-29(37)17(5)6)20(42-32)15-40-28(36)16(3)4)46-31-23(35)26(45-30(38)18(7)8)24(19(9)41-31)43-21(33)13-11-2/h16-20,22-27,31-32,34-35H,10-15H2,1-9H3. The van der Waals surface area contributed by atoms with Gasteiger partial charge >= 0.3 is 23.9 Å². The molecule has 2 aliphatic rings. The van der Waals surface area contributed by atoms with Gasteiger partial charge in [-0.1, -0.05) is 61.8 Å². The smallest absolute Gasteiger partial charge is 0.308 e. The molecule has 0 bridgehead atoms. The molecule has 2 fully saturated rings. The maximum Gasteiger partial charge on any atom is 0.308 e.